The van der Waals surface area contributed by atoms with Crippen molar-refractivity contribution in [2.24, 2.45) is 5.73 Å². The normalized spacial score (nSPS) is 11.0. The van der Waals surface area contributed by atoms with E-state index in [-0.39, 0.29) is 0 Å². The van der Waals surface area contributed by atoms with Gasteiger partial charge in [-0.15, -0.1) is 0 Å². The molecular formula is C16H18BrNS. The van der Waals surface area contributed by atoms with Gasteiger partial charge in [0.2, 0.25) is 0 Å². The lowest BCUT2D eigenvalue weighted by Gasteiger charge is -2.08. The summed E-state index contributed by atoms with van der Waals surface area (Å²) < 4.78 is 1.08. The zero-order valence-corrected chi connectivity index (χ0v) is 13.6. The Labute approximate surface area is 127 Å². The molecule has 0 saturated heterocycles. The summed E-state index contributed by atoms with van der Waals surface area (Å²) in [6.07, 6.45) is 0. The summed E-state index contributed by atoms with van der Waals surface area (Å²) in [7, 11) is 0. The fourth-order valence-corrected chi connectivity index (χ4v) is 3.36. The minimum Gasteiger partial charge on any atom is -0.326 e. The van der Waals surface area contributed by atoms with Crippen LogP contribution in [0.1, 0.15) is 30.9 Å². The highest BCUT2D eigenvalue weighted by atomic mass is 79.9. The average Bonchev–Trinajstić information content (AvgIpc) is 2.39. The van der Waals surface area contributed by atoms with Gasteiger partial charge >= 0.3 is 0 Å². The Morgan fingerprint density at radius 3 is 2.21 bits per heavy atom. The lowest BCUT2D eigenvalue weighted by molar-refractivity contribution is 0.865. The molecule has 1 nitrogen and oxygen atoms in total. The topological polar surface area (TPSA) is 26.0 Å². The van der Waals surface area contributed by atoms with Crippen LogP contribution in [0.4, 0.5) is 0 Å². The van der Waals surface area contributed by atoms with Crippen LogP contribution in [-0.2, 0) is 6.54 Å². The molecule has 0 heterocycles. The van der Waals surface area contributed by atoms with Crippen LogP contribution in [0, 0.1) is 0 Å². The average molecular weight is 336 g/mol. The highest BCUT2D eigenvalue weighted by molar-refractivity contribution is 9.10. The maximum absolute atomic E-state index is 5.66. The van der Waals surface area contributed by atoms with Crippen molar-refractivity contribution in [3.63, 3.8) is 0 Å². The molecule has 3 heteroatoms. The predicted octanol–water partition coefficient (Wildman–Crippen LogP) is 5.18. The molecule has 0 aromatic heterocycles. The molecule has 0 atom stereocenters. The van der Waals surface area contributed by atoms with Crippen molar-refractivity contribution in [1.82, 2.24) is 0 Å². The molecule has 0 spiro atoms. The van der Waals surface area contributed by atoms with Crippen molar-refractivity contribution >= 4 is 27.7 Å². The Hall–Kier alpha value is -0.770. The largest absolute Gasteiger partial charge is 0.326 e. The Morgan fingerprint density at radius 2 is 1.68 bits per heavy atom. The van der Waals surface area contributed by atoms with Gasteiger partial charge in [-0.3, -0.25) is 0 Å². The van der Waals surface area contributed by atoms with E-state index in [1.807, 2.05) is 0 Å². The molecule has 0 aliphatic carbocycles. The van der Waals surface area contributed by atoms with Crippen LogP contribution in [0.15, 0.2) is 56.7 Å². The Balaban J connectivity index is 2.14. The van der Waals surface area contributed by atoms with E-state index in [0.29, 0.717) is 12.5 Å². The second kappa shape index (κ2) is 6.60. The molecule has 2 aromatic carbocycles. The third-order valence-electron chi connectivity index (χ3n) is 3.03. The summed E-state index contributed by atoms with van der Waals surface area (Å²) in [5, 5.41) is 0. The number of benzene rings is 2. The maximum atomic E-state index is 5.66. The Kier molecular flexibility index (Phi) is 5.08. The van der Waals surface area contributed by atoms with Crippen molar-refractivity contribution in [2.75, 3.05) is 0 Å². The second-order valence-electron chi connectivity index (χ2n) is 4.78. The molecule has 0 amide bonds. The van der Waals surface area contributed by atoms with Crippen LogP contribution in [0.2, 0.25) is 0 Å². The third kappa shape index (κ3) is 3.85. The Morgan fingerprint density at radius 1 is 1.05 bits per heavy atom. The van der Waals surface area contributed by atoms with Crippen LogP contribution in [0.25, 0.3) is 0 Å². The van der Waals surface area contributed by atoms with Crippen LogP contribution in [0.3, 0.4) is 0 Å². The van der Waals surface area contributed by atoms with E-state index in [2.05, 4.69) is 72.2 Å². The predicted molar refractivity (Wildman–Crippen MR) is 86.7 cm³/mol. The highest BCUT2D eigenvalue weighted by Crippen LogP contribution is 2.31. The van der Waals surface area contributed by atoms with E-state index in [4.69, 9.17) is 5.73 Å². The van der Waals surface area contributed by atoms with Gasteiger partial charge in [0.1, 0.15) is 0 Å². The first-order chi connectivity index (χ1) is 9.10. The monoisotopic (exact) mass is 335 g/mol. The van der Waals surface area contributed by atoms with Gasteiger partial charge in [-0.2, -0.15) is 0 Å². The quantitative estimate of drug-likeness (QED) is 0.832. The summed E-state index contributed by atoms with van der Waals surface area (Å²) in [6.45, 7) is 4.99. The van der Waals surface area contributed by atoms with E-state index in [0.717, 1.165) is 10.0 Å². The minimum absolute atomic E-state index is 0.564. The number of hydrogen-bond donors (Lipinski definition) is 1. The van der Waals surface area contributed by atoms with Crippen molar-refractivity contribution in [3.05, 3.63) is 58.1 Å². The Bertz CT molecular complexity index is 549. The van der Waals surface area contributed by atoms with Gasteiger partial charge in [-0.05, 0) is 41.3 Å². The van der Waals surface area contributed by atoms with Gasteiger partial charge in [-0.1, -0.05) is 59.7 Å². The second-order valence-corrected chi connectivity index (χ2v) is 6.78. The zero-order valence-electron chi connectivity index (χ0n) is 11.2. The molecule has 100 valence electrons. The number of rotatable bonds is 4. The van der Waals surface area contributed by atoms with Crippen molar-refractivity contribution in [2.45, 2.75) is 36.1 Å². The maximum Gasteiger partial charge on any atom is 0.0231 e. The summed E-state index contributed by atoms with van der Waals surface area (Å²) in [5.41, 5.74) is 8.18. The van der Waals surface area contributed by atoms with E-state index in [1.54, 1.807) is 11.8 Å². The van der Waals surface area contributed by atoms with Crippen molar-refractivity contribution in [3.8, 4) is 0 Å². The molecule has 2 aromatic rings. The number of nitrogens with two attached hydrogens (primary N) is 1. The van der Waals surface area contributed by atoms with E-state index in [1.165, 1.54) is 15.4 Å². The van der Waals surface area contributed by atoms with E-state index < -0.39 is 0 Å². The van der Waals surface area contributed by atoms with Gasteiger partial charge < -0.3 is 5.73 Å². The zero-order chi connectivity index (χ0) is 13.8. The fourth-order valence-electron chi connectivity index (χ4n) is 1.81. The SMILES string of the molecule is CC(C)c1ccc(Sc2ccc(CN)c(Br)c2)cc1. The molecule has 0 unspecified atom stereocenters. The van der Waals surface area contributed by atoms with Gasteiger partial charge in [-0.25, -0.2) is 0 Å². The molecule has 0 aliphatic heterocycles. The van der Waals surface area contributed by atoms with Crippen LogP contribution >= 0.6 is 27.7 Å². The molecule has 0 bridgehead atoms. The van der Waals surface area contributed by atoms with Crippen LogP contribution < -0.4 is 5.73 Å². The number of hydrogen-bond acceptors (Lipinski definition) is 2. The molecule has 2 N–H and O–H groups in total. The standard InChI is InChI=1S/C16H18BrNS/c1-11(2)12-3-6-14(7-4-12)19-15-8-5-13(10-18)16(17)9-15/h3-9,11H,10,18H2,1-2H3. The van der Waals surface area contributed by atoms with E-state index in [9.17, 15) is 0 Å². The molecule has 19 heavy (non-hydrogen) atoms. The first kappa shape index (κ1) is 14.6. The molecular weight excluding hydrogens is 318 g/mol. The third-order valence-corrected chi connectivity index (χ3v) is 4.76. The molecule has 0 radical (unpaired) electrons. The fraction of sp³-hybridized carbons (Fsp3) is 0.250. The summed E-state index contributed by atoms with van der Waals surface area (Å²) in [6, 6.07) is 15.1. The first-order valence-corrected chi connectivity index (χ1v) is 7.97. The summed E-state index contributed by atoms with van der Waals surface area (Å²) in [5.74, 6) is 0.581. The lowest BCUT2D eigenvalue weighted by atomic mass is 10.0. The first-order valence-electron chi connectivity index (χ1n) is 6.36. The summed E-state index contributed by atoms with van der Waals surface area (Å²) >= 11 is 5.33. The molecule has 0 fully saturated rings. The van der Waals surface area contributed by atoms with Crippen LogP contribution in [-0.4, -0.2) is 0 Å². The molecule has 0 saturated carbocycles. The summed E-state index contributed by atoms with van der Waals surface area (Å²) in [4.78, 5) is 2.48. The van der Waals surface area contributed by atoms with Crippen molar-refractivity contribution < 1.29 is 0 Å². The highest BCUT2D eigenvalue weighted by Gasteiger charge is 2.03. The molecule has 0 aliphatic rings. The number of halogens is 1. The lowest BCUT2D eigenvalue weighted by Crippen LogP contribution is -1.96. The minimum atomic E-state index is 0.564. The van der Waals surface area contributed by atoms with Crippen LogP contribution in [0.5, 0.6) is 0 Å². The molecule has 2 rings (SSSR count). The van der Waals surface area contributed by atoms with Gasteiger partial charge in [0.15, 0.2) is 0 Å². The smallest absolute Gasteiger partial charge is 0.0231 e. The van der Waals surface area contributed by atoms with E-state index >= 15 is 0 Å². The van der Waals surface area contributed by atoms with Crippen molar-refractivity contribution in [1.29, 1.82) is 0 Å². The van der Waals surface area contributed by atoms with Gasteiger partial charge in [0.25, 0.3) is 0 Å². The van der Waals surface area contributed by atoms with Gasteiger partial charge in [0, 0.05) is 20.8 Å². The van der Waals surface area contributed by atoms with Gasteiger partial charge in [0.05, 0.1) is 0 Å².